The third kappa shape index (κ3) is 3.22. The number of aromatic nitrogens is 5. The number of ether oxygens (including phenoxy) is 1. The van der Waals surface area contributed by atoms with Gasteiger partial charge in [-0.05, 0) is 48.9 Å². The molecule has 1 unspecified atom stereocenters. The molecule has 0 radical (unpaired) electrons. The van der Waals surface area contributed by atoms with Gasteiger partial charge in [0.1, 0.15) is 11.6 Å². The van der Waals surface area contributed by atoms with Gasteiger partial charge in [0.2, 0.25) is 0 Å². The zero-order valence-corrected chi connectivity index (χ0v) is 15.5. The highest BCUT2D eigenvalue weighted by Crippen LogP contribution is 2.31. The van der Waals surface area contributed by atoms with Crippen molar-refractivity contribution >= 4 is 23.1 Å². The second-order valence-corrected chi connectivity index (χ2v) is 6.71. The number of rotatable bonds is 4. The average molecular weight is 387 g/mol. The van der Waals surface area contributed by atoms with E-state index in [-0.39, 0.29) is 18.6 Å². The van der Waals surface area contributed by atoms with Crippen molar-refractivity contribution in [2.24, 2.45) is 0 Å². The Morgan fingerprint density at radius 1 is 1.21 bits per heavy atom. The maximum atomic E-state index is 11.6. The van der Waals surface area contributed by atoms with Gasteiger partial charge in [-0.15, -0.1) is 15.3 Å². The number of pyridine rings is 1. The second-order valence-electron chi connectivity index (χ2n) is 6.71. The van der Waals surface area contributed by atoms with Gasteiger partial charge in [-0.2, -0.15) is 4.52 Å². The smallest absolute Gasteiger partial charge is 0.262 e. The number of benzene rings is 1. The number of anilines is 2. The summed E-state index contributed by atoms with van der Waals surface area (Å²) in [6.45, 7) is 2.07. The molecule has 4 heterocycles. The van der Waals surface area contributed by atoms with Crippen LogP contribution in [0, 0.1) is 0 Å². The highest BCUT2D eigenvalue weighted by molar-refractivity contribution is 5.95. The highest BCUT2D eigenvalue weighted by Gasteiger charge is 2.18. The van der Waals surface area contributed by atoms with Crippen LogP contribution in [0.4, 0.5) is 11.5 Å². The molecule has 9 heteroatoms. The summed E-state index contributed by atoms with van der Waals surface area (Å²) >= 11 is 0. The number of carbonyl (C=O) groups excluding carboxylic acids is 1. The fraction of sp³-hybridized carbons (Fsp3) is 0.150. The van der Waals surface area contributed by atoms with Crippen molar-refractivity contribution in [1.29, 1.82) is 0 Å². The molecule has 0 aliphatic carbocycles. The average Bonchev–Trinajstić information content (AvgIpc) is 3.17. The molecule has 0 saturated heterocycles. The summed E-state index contributed by atoms with van der Waals surface area (Å²) in [6, 6.07) is 13.2. The molecular weight excluding hydrogens is 370 g/mol. The summed E-state index contributed by atoms with van der Waals surface area (Å²) in [5, 5.41) is 19.2. The van der Waals surface area contributed by atoms with Gasteiger partial charge in [0.25, 0.3) is 5.91 Å². The lowest BCUT2D eigenvalue weighted by molar-refractivity contribution is -0.118. The van der Waals surface area contributed by atoms with E-state index in [2.05, 4.69) is 30.9 Å². The van der Waals surface area contributed by atoms with Crippen LogP contribution in [0.25, 0.3) is 17.0 Å². The van der Waals surface area contributed by atoms with Gasteiger partial charge in [0.15, 0.2) is 18.1 Å². The number of amides is 1. The zero-order valence-electron chi connectivity index (χ0n) is 15.5. The molecule has 1 aliphatic rings. The van der Waals surface area contributed by atoms with E-state index in [9.17, 15) is 4.79 Å². The van der Waals surface area contributed by atoms with Crippen molar-refractivity contribution in [3.63, 3.8) is 0 Å². The van der Waals surface area contributed by atoms with Crippen LogP contribution in [0.15, 0.2) is 54.9 Å². The Morgan fingerprint density at radius 3 is 3.00 bits per heavy atom. The van der Waals surface area contributed by atoms with E-state index in [1.807, 2.05) is 49.4 Å². The van der Waals surface area contributed by atoms with E-state index in [1.165, 1.54) is 0 Å². The summed E-state index contributed by atoms with van der Waals surface area (Å²) in [5.41, 5.74) is 3.15. The van der Waals surface area contributed by atoms with E-state index in [4.69, 9.17) is 4.74 Å². The molecule has 29 heavy (non-hydrogen) atoms. The van der Waals surface area contributed by atoms with Crippen molar-refractivity contribution in [1.82, 2.24) is 24.8 Å². The van der Waals surface area contributed by atoms with Crippen LogP contribution in [0.3, 0.4) is 0 Å². The van der Waals surface area contributed by atoms with Crippen molar-refractivity contribution in [3.05, 3.63) is 60.4 Å². The minimum Gasteiger partial charge on any atom is -0.482 e. The third-order valence-electron chi connectivity index (χ3n) is 4.68. The molecule has 5 rings (SSSR count). The Hall–Kier alpha value is -4.01. The predicted molar refractivity (Wildman–Crippen MR) is 107 cm³/mol. The maximum absolute atomic E-state index is 11.6. The van der Waals surface area contributed by atoms with Crippen molar-refractivity contribution in [2.45, 2.75) is 13.0 Å². The molecule has 2 N–H and O–H groups in total. The number of carbonyl (C=O) groups is 1. The fourth-order valence-corrected chi connectivity index (χ4v) is 3.22. The van der Waals surface area contributed by atoms with E-state index < -0.39 is 0 Å². The summed E-state index contributed by atoms with van der Waals surface area (Å²) in [4.78, 5) is 15.7. The molecule has 1 aromatic carbocycles. The van der Waals surface area contributed by atoms with Crippen LogP contribution in [-0.4, -0.2) is 37.3 Å². The fourth-order valence-electron chi connectivity index (χ4n) is 3.22. The van der Waals surface area contributed by atoms with Gasteiger partial charge in [-0.3, -0.25) is 9.78 Å². The Kier molecular flexibility index (Phi) is 4.05. The van der Waals surface area contributed by atoms with Gasteiger partial charge >= 0.3 is 0 Å². The molecule has 4 aromatic rings. The largest absolute Gasteiger partial charge is 0.482 e. The van der Waals surface area contributed by atoms with Gasteiger partial charge in [0, 0.05) is 18.0 Å². The second kappa shape index (κ2) is 6.86. The first-order chi connectivity index (χ1) is 14.2. The van der Waals surface area contributed by atoms with Crippen molar-refractivity contribution < 1.29 is 9.53 Å². The molecule has 1 aliphatic heterocycles. The minimum atomic E-state index is -0.155. The Labute approximate surface area is 165 Å². The first kappa shape index (κ1) is 17.1. The quantitative estimate of drug-likeness (QED) is 0.554. The van der Waals surface area contributed by atoms with E-state index >= 15 is 0 Å². The molecule has 144 valence electrons. The van der Waals surface area contributed by atoms with Gasteiger partial charge in [0.05, 0.1) is 11.7 Å². The molecule has 0 bridgehead atoms. The van der Waals surface area contributed by atoms with Crippen molar-refractivity contribution in [2.75, 3.05) is 17.2 Å². The van der Waals surface area contributed by atoms with Crippen LogP contribution in [0.5, 0.6) is 5.75 Å². The molecule has 9 nitrogen and oxygen atoms in total. The number of hydrogen-bond donors (Lipinski definition) is 2. The molecule has 0 saturated carbocycles. The number of nitrogens with one attached hydrogen (secondary N) is 2. The molecule has 1 amide bonds. The molecule has 0 fully saturated rings. The molecular formula is C20H17N7O2. The predicted octanol–water partition coefficient (Wildman–Crippen LogP) is 2.69. The van der Waals surface area contributed by atoms with Gasteiger partial charge in [-0.25, -0.2) is 0 Å². The van der Waals surface area contributed by atoms with E-state index in [0.717, 1.165) is 11.1 Å². The number of hydrogen-bond acceptors (Lipinski definition) is 7. The Morgan fingerprint density at radius 2 is 2.14 bits per heavy atom. The first-order valence-electron chi connectivity index (χ1n) is 9.13. The van der Waals surface area contributed by atoms with Gasteiger partial charge < -0.3 is 15.4 Å². The van der Waals surface area contributed by atoms with E-state index in [0.29, 0.717) is 28.7 Å². The maximum Gasteiger partial charge on any atom is 0.262 e. The Balaban J connectivity index is 1.43. The molecule has 1 atom stereocenters. The first-order valence-corrected chi connectivity index (χ1v) is 9.13. The lowest BCUT2D eigenvalue weighted by Gasteiger charge is -2.21. The standard InChI is InChI=1S/C20H17N7O2/c1-12(13-4-5-16-15(9-13)23-19(28)11-29-16)22-17-6-7-18-24-25-20(27(18)26-17)14-3-2-8-21-10-14/h2-10,12H,11H2,1H3,(H,22,26)(H,23,28). The normalized spacial score (nSPS) is 14.0. The van der Waals surface area contributed by atoms with Crippen LogP contribution < -0.4 is 15.4 Å². The minimum absolute atomic E-state index is 0.0439. The van der Waals surface area contributed by atoms with Crippen LogP contribution in [0.1, 0.15) is 18.5 Å². The summed E-state index contributed by atoms with van der Waals surface area (Å²) in [5.74, 6) is 1.81. The van der Waals surface area contributed by atoms with Crippen LogP contribution in [-0.2, 0) is 4.79 Å². The van der Waals surface area contributed by atoms with E-state index in [1.54, 1.807) is 16.9 Å². The molecule has 3 aromatic heterocycles. The zero-order chi connectivity index (χ0) is 19.8. The van der Waals surface area contributed by atoms with Crippen LogP contribution >= 0.6 is 0 Å². The number of nitrogens with zero attached hydrogens (tertiary/aromatic N) is 5. The van der Waals surface area contributed by atoms with Crippen LogP contribution in [0.2, 0.25) is 0 Å². The lowest BCUT2D eigenvalue weighted by Crippen LogP contribution is -2.25. The Bertz CT molecular complexity index is 1210. The monoisotopic (exact) mass is 387 g/mol. The molecule has 0 spiro atoms. The lowest BCUT2D eigenvalue weighted by atomic mass is 10.1. The SMILES string of the molecule is CC(Nc1ccc2nnc(-c3cccnc3)n2n1)c1ccc2c(c1)NC(=O)CO2. The van der Waals surface area contributed by atoms with Gasteiger partial charge in [-0.1, -0.05) is 6.07 Å². The number of fused-ring (bicyclic) bond motifs is 2. The summed E-state index contributed by atoms with van der Waals surface area (Å²) in [6.07, 6.45) is 3.44. The summed E-state index contributed by atoms with van der Waals surface area (Å²) < 4.78 is 7.10. The third-order valence-corrected chi connectivity index (χ3v) is 4.68. The summed E-state index contributed by atoms with van der Waals surface area (Å²) in [7, 11) is 0. The topological polar surface area (TPSA) is 106 Å². The highest BCUT2D eigenvalue weighted by atomic mass is 16.5. The van der Waals surface area contributed by atoms with Crippen molar-refractivity contribution in [3.8, 4) is 17.1 Å².